The van der Waals surface area contributed by atoms with Crippen LogP contribution in [0, 0.1) is 29.6 Å². The molecule has 0 radical (unpaired) electrons. The number of hydrogen-bond acceptors (Lipinski definition) is 7. The number of imide groups is 1. The Labute approximate surface area is 166 Å². The molecule has 5 rings (SSSR count). The summed E-state index contributed by atoms with van der Waals surface area (Å²) in [6.45, 7) is -0.586. The Morgan fingerprint density at radius 3 is 2.48 bits per heavy atom. The lowest BCUT2D eigenvalue weighted by atomic mass is 9.71. The maximum atomic E-state index is 12.9. The van der Waals surface area contributed by atoms with E-state index >= 15 is 0 Å². The Morgan fingerprint density at radius 2 is 1.83 bits per heavy atom. The van der Waals surface area contributed by atoms with Crippen molar-refractivity contribution in [1.82, 2.24) is 4.90 Å². The summed E-state index contributed by atoms with van der Waals surface area (Å²) in [5.74, 6) is -2.15. The van der Waals surface area contributed by atoms with Crippen LogP contribution in [0.15, 0.2) is 23.4 Å². The van der Waals surface area contributed by atoms with Crippen molar-refractivity contribution in [2.24, 2.45) is 34.7 Å². The first kappa shape index (κ1) is 18.0. The number of carbonyl (C=O) groups excluding carboxylic acids is 2. The fourth-order valence-electron chi connectivity index (χ4n) is 5.71. The number of methoxy groups -OCH3 is 2. The number of amides is 2. The fraction of sp³-hybridized carbons (Fsp3) is 0.500. The molecule has 1 aromatic rings. The molecule has 2 aliphatic carbocycles. The second-order valence-corrected chi connectivity index (χ2v) is 7.91. The van der Waals surface area contributed by atoms with Crippen LogP contribution in [-0.2, 0) is 19.2 Å². The molecule has 2 bridgehead atoms. The van der Waals surface area contributed by atoms with Gasteiger partial charge < -0.3 is 19.4 Å². The van der Waals surface area contributed by atoms with Crippen LogP contribution >= 0.6 is 0 Å². The van der Waals surface area contributed by atoms with Gasteiger partial charge in [-0.3, -0.25) is 19.3 Å². The quantitative estimate of drug-likeness (QED) is 0.726. The molecule has 1 aromatic carbocycles. The first-order chi connectivity index (χ1) is 14.0. The van der Waals surface area contributed by atoms with E-state index in [2.05, 4.69) is 5.16 Å². The number of fused-ring (bicyclic) bond motifs is 8. The summed E-state index contributed by atoms with van der Waals surface area (Å²) in [7, 11) is 3.12. The molecule has 2 saturated carbocycles. The first-order valence-corrected chi connectivity index (χ1v) is 9.49. The van der Waals surface area contributed by atoms with E-state index in [0.29, 0.717) is 17.9 Å². The average Bonchev–Trinajstić information content (AvgIpc) is 3.44. The highest BCUT2D eigenvalue weighted by atomic mass is 16.6. The Kier molecular flexibility index (Phi) is 3.84. The molecule has 6 atom stereocenters. The van der Waals surface area contributed by atoms with Gasteiger partial charge in [0.25, 0.3) is 0 Å². The molecular formula is C20H20N2O7. The Bertz CT molecular complexity index is 958. The van der Waals surface area contributed by atoms with Gasteiger partial charge in [-0.05, 0) is 30.5 Å². The highest BCUT2D eigenvalue weighted by Gasteiger charge is 2.70. The van der Waals surface area contributed by atoms with Gasteiger partial charge >= 0.3 is 5.97 Å². The van der Waals surface area contributed by atoms with Crippen molar-refractivity contribution < 1.29 is 33.8 Å². The maximum absolute atomic E-state index is 12.9. The highest BCUT2D eigenvalue weighted by molar-refractivity contribution is 6.10. The summed E-state index contributed by atoms with van der Waals surface area (Å²) in [5, 5.41) is 13.3. The minimum absolute atomic E-state index is 0.0976. The van der Waals surface area contributed by atoms with Crippen LogP contribution in [0.25, 0.3) is 0 Å². The summed E-state index contributed by atoms with van der Waals surface area (Å²) in [5.41, 5.74) is 1.55. The molecule has 2 heterocycles. The van der Waals surface area contributed by atoms with Crippen molar-refractivity contribution in [3.8, 4) is 11.5 Å². The summed E-state index contributed by atoms with van der Waals surface area (Å²) < 4.78 is 10.7. The number of hydrogen-bond donors (Lipinski definition) is 1. The number of carboxylic acid groups (broad SMARTS) is 1. The molecule has 29 heavy (non-hydrogen) atoms. The number of carbonyl (C=O) groups is 3. The van der Waals surface area contributed by atoms with Gasteiger partial charge in [0.1, 0.15) is 12.6 Å². The number of rotatable bonds is 5. The largest absolute Gasteiger partial charge is 0.493 e. The Hall–Kier alpha value is -3.10. The molecule has 2 amide bonds. The topological polar surface area (TPSA) is 115 Å². The van der Waals surface area contributed by atoms with Crippen molar-refractivity contribution in [2.45, 2.75) is 12.5 Å². The van der Waals surface area contributed by atoms with E-state index in [0.717, 1.165) is 16.2 Å². The number of benzene rings is 1. The number of oxime groups is 1. The van der Waals surface area contributed by atoms with E-state index < -0.39 is 30.3 Å². The number of nitrogens with zero attached hydrogens (tertiary/aromatic N) is 2. The van der Waals surface area contributed by atoms with Crippen LogP contribution in [0.5, 0.6) is 11.5 Å². The fourth-order valence-corrected chi connectivity index (χ4v) is 5.71. The standard InChI is InChI=1S/C20H20N2O7/c1-27-11-4-3-8(5-12(11)28-2)17-16-9-6-10(18(16)29-21-17)15-14(9)19(25)22(20(15)26)7-13(23)24/h3-5,9-10,14-16,18H,6-7H2,1-2H3,(H,23,24). The molecule has 1 N–H and O–H groups in total. The molecule has 0 spiro atoms. The third-order valence-electron chi connectivity index (χ3n) is 6.75. The van der Waals surface area contributed by atoms with Crippen molar-refractivity contribution in [1.29, 1.82) is 0 Å². The first-order valence-electron chi connectivity index (χ1n) is 9.49. The van der Waals surface area contributed by atoms with Gasteiger partial charge in [-0.15, -0.1) is 0 Å². The van der Waals surface area contributed by atoms with Crippen LogP contribution in [0.4, 0.5) is 0 Å². The molecule has 6 unspecified atom stereocenters. The van der Waals surface area contributed by atoms with Crippen LogP contribution < -0.4 is 9.47 Å². The molecule has 9 heteroatoms. The normalized spacial score (nSPS) is 34.0. The molecular weight excluding hydrogens is 380 g/mol. The Morgan fingerprint density at radius 1 is 1.14 bits per heavy atom. The van der Waals surface area contributed by atoms with Crippen LogP contribution in [0.2, 0.25) is 0 Å². The van der Waals surface area contributed by atoms with Gasteiger partial charge in [-0.25, -0.2) is 0 Å². The summed E-state index contributed by atoms with van der Waals surface area (Å²) >= 11 is 0. The molecule has 4 aliphatic rings. The van der Waals surface area contributed by atoms with Crippen LogP contribution in [-0.4, -0.2) is 60.4 Å². The number of aliphatic carboxylic acids is 1. The second kappa shape index (κ2) is 6.20. The third-order valence-corrected chi connectivity index (χ3v) is 6.75. The molecule has 152 valence electrons. The van der Waals surface area contributed by atoms with Gasteiger partial charge in [-0.2, -0.15) is 0 Å². The molecule has 1 saturated heterocycles. The Balaban J connectivity index is 1.46. The second-order valence-electron chi connectivity index (χ2n) is 7.91. The van der Waals surface area contributed by atoms with E-state index in [4.69, 9.17) is 19.4 Å². The van der Waals surface area contributed by atoms with Crippen LogP contribution in [0.3, 0.4) is 0 Å². The third kappa shape index (κ3) is 2.33. The molecule has 9 nitrogen and oxygen atoms in total. The van der Waals surface area contributed by atoms with E-state index in [9.17, 15) is 14.4 Å². The van der Waals surface area contributed by atoms with Crippen LogP contribution in [0.1, 0.15) is 12.0 Å². The lowest BCUT2D eigenvalue weighted by Gasteiger charge is -2.30. The lowest BCUT2D eigenvalue weighted by molar-refractivity contribution is -0.150. The smallest absolute Gasteiger partial charge is 0.323 e. The van der Waals surface area contributed by atoms with Crippen molar-refractivity contribution >= 4 is 23.5 Å². The van der Waals surface area contributed by atoms with E-state index in [1.807, 2.05) is 12.1 Å². The SMILES string of the molecule is COc1ccc(C2=NOC3C4CC(C23)C2C(=O)N(CC(=O)O)C(=O)C42)cc1OC. The maximum Gasteiger partial charge on any atom is 0.323 e. The minimum atomic E-state index is -1.19. The highest BCUT2D eigenvalue weighted by Crippen LogP contribution is 2.61. The predicted molar refractivity (Wildman–Crippen MR) is 97.4 cm³/mol. The lowest BCUT2D eigenvalue weighted by Crippen LogP contribution is -2.41. The van der Waals surface area contributed by atoms with Gasteiger partial charge in [0, 0.05) is 17.4 Å². The number of ether oxygens (including phenoxy) is 2. The zero-order chi connectivity index (χ0) is 20.4. The number of likely N-dealkylation sites (tertiary alicyclic amines) is 1. The van der Waals surface area contributed by atoms with Crippen molar-refractivity contribution in [2.75, 3.05) is 20.8 Å². The molecule has 0 aromatic heterocycles. The van der Waals surface area contributed by atoms with E-state index in [1.54, 1.807) is 20.3 Å². The summed E-state index contributed by atoms with van der Waals surface area (Å²) in [6.07, 6.45) is 0.431. The zero-order valence-corrected chi connectivity index (χ0v) is 15.9. The zero-order valence-electron chi connectivity index (χ0n) is 15.9. The van der Waals surface area contributed by atoms with Crippen molar-refractivity contribution in [3.05, 3.63) is 23.8 Å². The van der Waals surface area contributed by atoms with Gasteiger partial charge in [0.15, 0.2) is 11.5 Å². The number of carboxylic acids is 1. The molecule has 2 aliphatic heterocycles. The molecule has 3 fully saturated rings. The summed E-state index contributed by atoms with van der Waals surface area (Å²) in [4.78, 5) is 43.3. The monoisotopic (exact) mass is 400 g/mol. The van der Waals surface area contributed by atoms with Crippen molar-refractivity contribution in [3.63, 3.8) is 0 Å². The summed E-state index contributed by atoms with van der Waals surface area (Å²) in [6, 6.07) is 5.48. The van der Waals surface area contributed by atoms with Gasteiger partial charge in [-0.1, -0.05) is 5.16 Å². The van der Waals surface area contributed by atoms with Gasteiger partial charge in [0.05, 0.1) is 31.8 Å². The van der Waals surface area contributed by atoms with E-state index in [-0.39, 0.29) is 29.8 Å². The van der Waals surface area contributed by atoms with Gasteiger partial charge in [0.2, 0.25) is 11.8 Å². The minimum Gasteiger partial charge on any atom is -0.493 e. The average molecular weight is 400 g/mol. The van der Waals surface area contributed by atoms with E-state index in [1.165, 1.54) is 0 Å². The predicted octanol–water partition coefficient (Wildman–Crippen LogP) is 0.758.